The topological polar surface area (TPSA) is 32.9 Å². The van der Waals surface area contributed by atoms with E-state index in [0.29, 0.717) is 16.5 Å². The second-order valence-electron chi connectivity index (χ2n) is 4.00. The van der Waals surface area contributed by atoms with E-state index in [2.05, 4.69) is 4.98 Å². The second kappa shape index (κ2) is 2.92. The van der Waals surface area contributed by atoms with Gasteiger partial charge in [0.15, 0.2) is 5.78 Å². The molecule has 1 aromatic carbocycles. The van der Waals surface area contributed by atoms with Gasteiger partial charge in [0.1, 0.15) is 5.82 Å². The number of hydrogen-bond donors (Lipinski definition) is 1. The Balaban J connectivity index is 2.22. The largest absolute Gasteiger partial charge is 0.360 e. The molecule has 0 spiro atoms. The number of H-pyrrole nitrogens is 1. The van der Waals surface area contributed by atoms with Crippen molar-refractivity contribution in [2.45, 2.75) is 12.8 Å². The molecule has 1 heterocycles. The first-order chi connectivity index (χ1) is 7.27. The lowest BCUT2D eigenvalue weighted by Crippen LogP contribution is -2.00. The third-order valence-electron chi connectivity index (χ3n) is 2.87. The molecular formula is C12H10FNO. The van der Waals surface area contributed by atoms with E-state index in [4.69, 9.17) is 0 Å². The maximum atomic E-state index is 13.6. The Bertz CT molecular complexity index is 540. The summed E-state index contributed by atoms with van der Waals surface area (Å²) in [5, 5.41) is 0.439. The molecule has 2 nitrogen and oxygen atoms in total. The second-order valence-corrected chi connectivity index (χ2v) is 4.00. The van der Waals surface area contributed by atoms with E-state index >= 15 is 0 Å². The molecule has 3 heteroatoms. The standard InChI is InChI=1S/C12H10FNO/c13-9-2-1-3-10-11(9)8(6-14-10)12(15)7-4-5-7/h1-3,6-7,14H,4-5H2. The van der Waals surface area contributed by atoms with Crippen molar-refractivity contribution in [3.63, 3.8) is 0 Å². The fourth-order valence-electron chi connectivity index (χ4n) is 1.90. The van der Waals surface area contributed by atoms with Crippen LogP contribution in [0.3, 0.4) is 0 Å². The Hall–Kier alpha value is -1.64. The molecule has 1 fully saturated rings. The average molecular weight is 203 g/mol. The molecule has 0 saturated heterocycles. The maximum absolute atomic E-state index is 13.6. The Morgan fingerprint density at radius 1 is 1.40 bits per heavy atom. The zero-order valence-corrected chi connectivity index (χ0v) is 8.09. The van der Waals surface area contributed by atoms with Gasteiger partial charge in [0.25, 0.3) is 0 Å². The van der Waals surface area contributed by atoms with Crippen LogP contribution >= 0.6 is 0 Å². The smallest absolute Gasteiger partial charge is 0.168 e. The van der Waals surface area contributed by atoms with Crippen molar-refractivity contribution in [3.05, 3.63) is 35.8 Å². The minimum atomic E-state index is -0.322. The van der Waals surface area contributed by atoms with E-state index in [9.17, 15) is 9.18 Å². The Kier molecular flexibility index (Phi) is 1.69. The number of fused-ring (bicyclic) bond motifs is 1. The monoisotopic (exact) mass is 203 g/mol. The molecule has 0 amide bonds. The van der Waals surface area contributed by atoms with Crippen LogP contribution in [0.5, 0.6) is 0 Å². The van der Waals surface area contributed by atoms with Crippen molar-refractivity contribution >= 4 is 16.7 Å². The van der Waals surface area contributed by atoms with Crippen molar-refractivity contribution in [2.75, 3.05) is 0 Å². The molecule has 3 rings (SSSR count). The van der Waals surface area contributed by atoms with Crippen LogP contribution in [-0.4, -0.2) is 10.8 Å². The summed E-state index contributed by atoms with van der Waals surface area (Å²) in [6, 6.07) is 4.81. The molecule has 0 aliphatic heterocycles. The quantitative estimate of drug-likeness (QED) is 0.748. The number of carbonyl (C=O) groups is 1. The molecule has 0 radical (unpaired) electrons. The number of carbonyl (C=O) groups excluding carboxylic acids is 1. The minimum Gasteiger partial charge on any atom is -0.360 e. The molecule has 76 valence electrons. The molecule has 0 atom stereocenters. The maximum Gasteiger partial charge on any atom is 0.168 e. The molecule has 1 aromatic heterocycles. The first-order valence-corrected chi connectivity index (χ1v) is 5.07. The molecule has 2 aromatic rings. The van der Waals surface area contributed by atoms with Gasteiger partial charge in [-0.2, -0.15) is 0 Å². The number of nitrogens with one attached hydrogen (secondary N) is 1. The number of hydrogen-bond acceptors (Lipinski definition) is 1. The van der Waals surface area contributed by atoms with Crippen LogP contribution < -0.4 is 0 Å². The summed E-state index contributed by atoms with van der Waals surface area (Å²) in [5.74, 6) is -0.118. The summed E-state index contributed by atoms with van der Waals surface area (Å²) in [5.41, 5.74) is 1.20. The summed E-state index contributed by atoms with van der Waals surface area (Å²) in [4.78, 5) is 14.8. The predicted molar refractivity (Wildman–Crippen MR) is 55.3 cm³/mol. The molecular weight excluding hydrogens is 193 g/mol. The van der Waals surface area contributed by atoms with Crippen molar-refractivity contribution in [2.24, 2.45) is 5.92 Å². The Morgan fingerprint density at radius 2 is 2.20 bits per heavy atom. The van der Waals surface area contributed by atoms with Crippen LogP contribution in [0, 0.1) is 11.7 Å². The van der Waals surface area contributed by atoms with Gasteiger partial charge in [-0.15, -0.1) is 0 Å². The molecule has 1 N–H and O–H groups in total. The van der Waals surface area contributed by atoms with Gasteiger partial charge in [-0.25, -0.2) is 4.39 Å². The van der Waals surface area contributed by atoms with Gasteiger partial charge in [0.05, 0.1) is 0 Å². The molecule has 0 bridgehead atoms. The van der Waals surface area contributed by atoms with Crippen LogP contribution in [0.1, 0.15) is 23.2 Å². The van der Waals surface area contributed by atoms with Gasteiger partial charge >= 0.3 is 0 Å². The zero-order valence-electron chi connectivity index (χ0n) is 8.09. The zero-order chi connectivity index (χ0) is 10.4. The van der Waals surface area contributed by atoms with E-state index < -0.39 is 0 Å². The molecule has 1 saturated carbocycles. The van der Waals surface area contributed by atoms with Crippen LogP contribution in [0.25, 0.3) is 10.9 Å². The van der Waals surface area contributed by atoms with Crippen molar-refractivity contribution < 1.29 is 9.18 Å². The lowest BCUT2D eigenvalue weighted by molar-refractivity contribution is 0.0969. The van der Waals surface area contributed by atoms with Gasteiger partial charge in [0.2, 0.25) is 0 Å². The van der Waals surface area contributed by atoms with Gasteiger partial charge in [-0.05, 0) is 25.0 Å². The first kappa shape index (κ1) is 8.65. The van der Waals surface area contributed by atoms with E-state index in [1.54, 1.807) is 18.3 Å². The first-order valence-electron chi connectivity index (χ1n) is 5.07. The highest BCUT2D eigenvalue weighted by molar-refractivity contribution is 6.09. The Labute approximate surface area is 86.1 Å². The van der Waals surface area contributed by atoms with Gasteiger partial charge in [0, 0.05) is 28.6 Å². The molecule has 15 heavy (non-hydrogen) atoms. The van der Waals surface area contributed by atoms with Crippen LogP contribution in [0.4, 0.5) is 4.39 Å². The van der Waals surface area contributed by atoms with Crippen LogP contribution in [-0.2, 0) is 0 Å². The number of halogens is 1. The number of benzene rings is 1. The molecule has 1 aliphatic carbocycles. The lowest BCUT2D eigenvalue weighted by atomic mass is 10.1. The van der Waals surface area contributed by atoms with Crippen molar-refractivity contribution in [3.8, 4) is 0 Å². The van der Waals surface area contributed by atoms with Crippen molar-refractivity contribution in [1.29, 1.82) is 0 Å². The van der Waals surface area contributed by atoms with E-state index in [0.717, 1.165) is 12.8 Å². The number of rotatable bonds is 2. The summed E-state index contributed by atoms with van der Waals surface area (Å²) in [6.45, 7) is 0. The van der Waals surface area contributed by atoms with Gasteiger partial charge in [-0.3, -0.25) is 4.79 Å². The fraction of sp³-hybridized carbons (Fsp3) is 0.250. The number of Topliss-reactive ketones (excluding diaryl/α,β-unsaturated/α-hetero) is 1. The molecule has 1 aliphatic rings. The Morgan fingerprint density at radius 3 is 2.93 bits per heavy atom. The van der Waals surface area contributed by atoms with Gasteiger partial charge < -0.3 is 4.98 Å². The summed E-state index contributed by atoms with van der Waals surface area (Å²) < 4.78 is 13.6. The minimum absolute atomic E-state index is 0.0753. The lowest BCUT2D eigenvalue weighted by Gasteiger charge is -1.97. The fourth-order valence-corrected chi connectivity index (χ4v) is 1.90. The number of aromatic amines is 1. The predicted octanol–water partition coefficient (Wildman–Crippen LogP) is 2.90. The third-order valence-corrected chi connectivity index (χ3v) is 2.87. The summed E-state index contributed by atoms with van der Waals surface area (Å²) >= 11 is 0. The highest BCUT2D eigenvalue weighted by Crippen LogP contribution is 2.35. The highest BCUT2D eigenvalue weighted by atomic mass is 19.1. The summed E-state index contributed by atoms with van der Waals surface area (Å²) in [6.07, 6.45) is 3.51. The third kappa shape index (κ3) is 1.27. The van der Waals surface area contributed by atoms with E-state index in [1.807, 2.05) is 0 Å². The average Bonchev–Trinajstić information content (AvgIpc) is 2.98. The summed E-state index contributed by atoms with van der Waals surface area (Å²) in [7, 11) is 0. The van der Waals surface area contributed by atoms with E-state index in [-0.39, 0.29) is 17.5 Å². The number of aromatic nitrogens is 1. The normalized spacial score (nSPS) is 15.8. The van der Waals surface area contributed by atoms with E-state index in [1.165, 1.54) is 6.07 Å². The molecule has 0 unspecified atom stereocenters. The van der Waals surface area contributed by atoms with Gasteiger partial charge in [-0.1, -0.05) is 6.07 Å². The highest BCUT2D eigenvalue weighted by Gasteiger charge is 2.32. The van der Waals surface area contributed by atoms with Crippen LogP contribution in [0.15, 0.2) is 24.4 Å². The SMILES string of the molecule is O=C(c1c[nH]c2cccc(F)c12)C1CC1. The van der Waals surface area contributed by atoms with Crippen LogP contribution in [0.2, 0.25) is 0 Å². The number of ketones is 1. The van der Waals surface area contributed by atoms with Crippen molar-refractivity contribution in [1.82, 2.24) is 4.98 Å².